The quantitative estimate of drug-likeness (QED) is 0.429. The molecule has 31 heavy (non-hydrogen) atoms. The van der Waals surface area contributed by atoms with E-state index in [1.165, 1.54) is 0 Å². The van der Waals surface area contributed by atoms with Crippen LogP contribution in [-0.2, 0) is 0 Å². The second kappa shape index (κ2) is 7.29. The van der Waals surface area contributed by atoms with Gasteiger partial charge in [-0.1, -0.05) is 41.4 Å². The molecule has 3 aromatic carbocycles. The molecule has 5 nitrogen and oxygen atoms in total. The molecule has 0 saturated carbocycles. The predicted octanol–water partition coefficient (Wildman–Crippen LogP) is 5.51. The molecule has 0 fully saturated rings. The number of rotatable bonds is 3. The van der Waals surface area contributed by atoms with Crippen molar-refractivity contribution in [3.05, 3.63) is 104 Å². The number of anilines is 1. The Labute approximate surface area is 183 Å². The maximum Gasteiger partial charge on any atom is 0.295 e. The van der Waals surface area contributed by atoms with Crippen LogP contribution in [0.5, 0.6) is 5.75 Å². The second-order valence-corrected chi connectivity index (χ2v) is 7.94. The van der Waals surface area contributed by atoms with E-state index >= 15 is 0 Å². The molecule has 5 rings (SSSR count). The van der Waals surface area contributed by atoms with E-state index in [9.17, 15) is 9.59 Å². The van der Waals surface area contributed by atoms with Gasteiger partial charge in [-0.25, -0.2) is 0 Å². The summed E-state index contributed by atoms with van der Waals surface area (Å²) in [4.78, 5) is 28.7. The van der Waals surface area contributed by atoms with Crippen molar-refractivity contribution in [1.82, 2.24) is 0 Å². The highest BCUT2D eigenvalue weighted by molar-refractivity contribution is 6.31. The van der Waals surface area contributed by atoms with Gasteiger partial charge in [-0.15, -0.1) is 0 Å². The summed E-state index contributed by atoms with van der Waals surface area (Å²) in [5.41, 5.74) is 2.86. The van der Waals surface area contributed by atoms with Gasteiger partial charge in [0.05, 0.1) is 24.1 Å². The number of hydrogen-bond acceptors (Lipinski definition) is 4. The molecule has 6 heteroatoms. The Balaban J connectivity index is 1.82. The van der Waals surface area contributed by atoms with Crippen LogP contribution < -0.4 is 15.1 Å². The monoisotopic (exact) mass is 431 g/mol. The minimum atomic E-state index is -0.653. The molecule has 2 heterocycles. The summed E-state index contributed by atoms with van der Waals surface area (Å²) in [5, 5.41) is 0.773. The number of benzene rings is 3. The third-order valence-electron chi connectivity index (χ3n) is 5.55. The van der Waals surface area contributed by atoms with E-state index in [0.29, 0.717) is 33.0 Å². The highest BCUT2D eigenvalue weighted by Crippen LogP contribution is 2.42. The number of amides is 1. The normalized spacial score (nSPS) is 15.4. The van der Waals surface area contributed by atoms with Gasteiger partial charge in [-0.05, 0) is 55.0 Å². The van der Waals surface area contributed by atoms with Gasteiger partial charge in [-0.2, -0.15) is 0 Å². The van der Waals surface area contributed by atoms with Gasteiger partial charge in [0.15, 0.2) is 5.43 Å². The van der Waals surface area contributed by atoms with Crippen molar-refractivity contribution < 1.29 is 13.9 Å². The largest absolute Gasteiger partial charge is 0.497 e. The van der Waals surface area contributed by atoms with Gasteiger partial charge in [0.25, 0.3) is 5.91 Å². The Morgan fingerprint density at radius 1 is 1.00 bits per heavy atom. The summed E-state index contributed by atoms with van der Waals surface area (Å²) in [5.74, 6) is 0.323. The molecule has 0 bridgehead atoms. The molecule has 1 amide bonds. The Hall–Kier alpha value is -3.57. The number of hydrogen-bond donors (Lipinski definition) is 0. The molecule has 0 N–H and O–H groups in total. The highest BCUT2D eigenvalue weighted by atomic mass is 35.5. The lowest BCUT2D eigenvalue weighted by Gasteiger charge is -2.25. The molecule has 0 saturated heterocycles. The first kappa shape index (κ1) is 19.4. The Morgan fingerprint density at radius 2 is 1.77 bits per heavy atom. The molecule has 0 aliphatic carbocycles. The fourth-order valence-corrected chi connectivity index (χ4v) is 4.22. The van der Waals surface area contributed by atoms with E-state index in [-0.39, 0.29) is 17.1 Å². The van der Waals surface area contributed by atoms with Crippen LogP contribution in [0.3, 0.4) is 0 Å². The molecular weight excluding hydrogens is 414 g/mol. The van der Waals surface area contributed by atoms with E-state index in [0.717, 1.165) is 11.1 Å². The minimum Gasteiger partial charge on any atom is -0.497 e. The Morgan fingerprint density at radius 3 is 2.52 bits per heavy atom. The zero-order valence-electron chi connectivity index (χ0n) is 16.9. The number of aryl methyl sites for hydroxylation is 1. The number of halogens is 1. The first-order valence-electron chi connectivity index (χ1n) is 9.78. The molecule has 1 aliphatic rings. The highest BCUT2D eigenvalue weighted by Gasteiger charge is 2.43. The van der Waals surface area contributed by atoms with Gasteiger partial charge in [0, 0.05) is 10.7 Å². The average molecular weight is 432 g/mol. The summed E-state index contributed by atoms with van der Waals surface area (Å²) in [6.45, 7) is 1.98. The summed E-state index contributed by atoms with van der Waals surface area (Å²) in [6.07, 6.45) is 0. The van der Waals surface area contributed by atoms with Crippen molar-refractivity contribution in [3.63, 3.8) is 0 Å². The zero-order chi connectivity index (χ0) is 21.7. The van der Waals surface area contributed by atoms with Crippen molar-refractivity contribution in [2.24, 2.45) is 0 Å². The number of nitrogens with zero attached hydrogens (tertiary/aromatic N) is 1. The standard InChI is InChI=1S/C25H18ClNO4/c1-14-6-9-17(10-7-14)27-22(15-4-3-5-18(12-15)30-2)21-23(28)19-13-16(26)8-11-20(19)31-24(21)25(27)29/h3-13,22H,1-2H3. The summed E-state index contributed by atoms with van der Waals surface area (Å²) in [6, 6.07) is 19.1. The van der Waals surface area contributed by atoms with Gasteiger partial charge < -0.3 is 9.15 Å². The molecule has 1 aromatic heterocycles. The summed E-state index contributed by atoms with van der Waals surface area (Å²) >= 11 is 6.13. The van der Waals surface area contributed by atoms with E-state index in [2.05, 4.69) is 0 Å². The molecule has 1 atom stereocenters. The van der Waals surface area contributed by atoms with Crippen LogP contribution >= 0.6 is 11.6 Å². The average Bonchev–Trinajstić information content (AvgIpc) is 3.07. The van der Waals surface area contributed by atoms with Gasteiger partial charge in [0.2, 0.25) is 5.76 Å². The Bertz CT molecular complexity index is 1390. The maximum absolute atomic E-state index is 13.6. The molecular formula is C25H18ClNO4. The van der Waals surface area contributed by atoms with Crippen molar-refractivity contribution in [1.29, 1.82) is 0 Å². The fraction of sp³-hybridized carbons (Fsp3) is 0.120. The fourth-order valence-electron chi connectivity index (χ4n) is 4.04. The smallest absolute Gasteiger partial charge is 0.295 e. The van der Waals surface area contributed by atoms with Crippen LogP contribution in [0.25, 0.3) is 11.0 Å². The van der Waals surface area contributed by atoms with Crippen LogP contribution in [0.2, 0.25) is 5.02 Å². The molecule has 1 unspecified atom stereocenters. The third-order valence-corrected chi connectivity index (χ3v) is 5.79. The zero-order valence-corrected chi connectivity index (χ0v) is 17.6. The SMILES string of the molecule is COc1cccc(C2c3c(oc4ccc(Cl)cc4c3=O)C(=O)N2c2ccc(C)cc2)c1. The number of fused-ring (bicyclic) bond motifs is 2. The van der Waals surface area contributed by atoms with Gasteiger partial charge in [0.1, 0.15) is 11.3 Å². The molecule has 154 valence electrons. The molecule has 4 aromatic rings. The number of ether oxygens (including phenoxy) is 1. The van der Waals surface area contributed by atoms with Crippen molar-refractivity contribution >= 4 is 34.2 Å². The molecule has 0 radical (unpaired) electrons. The van der Waals surface area contributed by atoms with Crippen LogP contribution in [0.1, 0.15) is 33.3 Å². The number of methoxy groups -OCH3 is 1. The summed E-state index contributed by atoms with van der Waals surface area (Å²) in [7, 11) is 1.58. The lowest BCUT2D eigenvalue weighted by molar-refractivity contribution is 0.0971. The maximum atomic E-state index is 13.6. The first-order valence-corrected chi connectivity index (χ1v) is 10.2. The first-order chi connectivity index (χ1) is 15.0. The van der Waals surface area contributed by atoms with Gasteiger partial charge >= 0.3 is 0 Å². The number of carbonyl (C=O) groups excluding carboxylic acids is 1. The van der Waals surface area contributed by atoms with E-state index in [1.54, 1.807) is 30.2 Å². The van der Waals surface area contributed by atoms with Crippen LogP contribution in [0.15, 0.2) is 75.9 Å². The van der Waals surface area contributed by atoms with Crippen molar-refractivity contribution in [2.75, 3.05) is 12.0 Å². The van der Waals surface area contributed by atoms with E-state index in [1.807, 2.05) is 55.5 Å². The van der Waals surface area contributed by atoms with Crippen LogP contribution in [0, 0.1) is 6.92 Å². The van der Waals surface area contributed by atoms with Crippen molar-refractivity contribution in [2.45, 2.75) is 13.0 Å². The Kier molecular flexibility index (Phi) is 4.56. The second-order valence-electron chi connectivity index (χ2n) is 7.50. The van der Waals surface area contributed by atoms with E-state index < -0.39 is 6.04 Å². The number of carbonyl (C=O) groups is 1. The van der Waals surface area contributed by atoms with Gasteiger partial charge in [-0.3, -0.25) is 14.5 Å². The minimum absolute atomic E-state index is 0.0493. The van der Waals surface area contributed by atoms with Crippen molar-refractivity contribution in [3.8, 4) is 5.75 Å². The predicted molar refractivity (Wildman–Crippen MR) is 120 cm³/mol. The summed E-state index contributed by atoms with van der Waals surface area (Å²) < 4.78 is 11.3. The third kappa shape index (κ3) is 3.09. The lowest BCUT2D eigenvalue weighted by atomic mass is 9.98. The van der Waals surface area contributed by atoms with E-state index in [4.69, 9.17) is 20.8 Å². The molecule has 0 spiro atoms. The molecule has 1 aliphatic heterocycles. The lowest BCUT2D eigenvalue weighted by Crippen LogP contribution is -2.29. The van der Waals surface area contributed by atoms with Crippen LogP contribution in [0.4, 0.5) is 5.69 Å². The van der Waals surface area contributed by atoms with Crippen LogP contribution in [-0.4, -0.2) is 13.0 Å². The topological polar surface area (TPSA) is 59.8 Å².